The summed E-state index contributed by atoms with van der Waals surface area (Å²) in [4.78, 5) is 49.7. The first kappa shape index (κ1) is 49.5. The molecule has 2 aliphatic heterocycles. The molecule has 0 unspecified atom stereocenters. The first-order chi connectivity index (χ1) is 29.4. The number of benzene rings is 3. The normalized spacial score (nSPS) is 24.9. The highest BCUT2D eigenvalue weighted by atomic mass is 16.6. The van der Waals surface area contributed by atoms with Gasteiger partial charge in [0.1, 0.15) is 29.2 Å². The Morgan fingerprint density at radius 2 is 1.00 bits per heavy atom. The van der Waals surface area contributed by atoms with Crippen LogP contribution in [0, 0.1) is 23.7 Å². The van der Waals surface area contributed by atoms with E-state index in [-0.39, 0.29) is 43.5 Å². The molecule has 14 heteroatoms. The third-order valence-corrected chi connectivity index (χ3v) is 10.3. The predicted molar refractivity (Wildman–Crippen MR) is 232 cm³/mol. The third kappa shape index (κ3) is 17.3. The molecule has 8 atom stereocenters. The number of aliphatic hydroxyl groups is 1. The van der Waals surface area contributed by atoms with Gasteiger partial charge in [-0.05, 0) is 103 Å². The van der Waals surface area contributed by atoms with E-state index in [1.165, 1.54) is 5.56 Å². The van der Waals surface area contributed by atoms with Gasteiger partial charge in [0.25, 0.3) is 0 Å². The van der Waals surface area contributed by atoms with Gasteiger partial charge in [0.05, 0.1) is 33.0 Å². The maximum Gasteiger partial charge on any atom is 0.408 e. The second-order valence-electron chi connectivity index (χ2n) is 17.8. The minimum atomic E-state index is -0.966. The number of esters is 2. The summed E-state index contributed by atoms with van der Waals surface area (Å²) in [5.41, 5.74) is 0.933. The number of alkyl carbamates (subject to hydrolysis) is 2. The number of rotatable bonds is 10. The van der Waals surface area contributed by atoms with Gasteiger partial charge in [0.15, 0.2) is 12.1 Å². The number of ether oxygens (including phenoxy) is 7. The van der Waals surface area contributed by atoms with Crippen molar-refractivity contribution in [1.29, 1.82) is 0 Å². The van der Waals surface area contributed by atoms with E-state index in [2.05, 4.69) is 22.8 Å². The molecular weight excluding hydrogens is 797 g/mol. The third-order valence-electron chi connectivity index (χ3n) is 10.3. The van der Waals surface area contributed by atoms with Crippen molar-refractivity contribution in [1.82, 2.24) is 10.6 Å². The molecule has 0 spiro atoms. The van der Waals surface area contributed by atoms with E-state index >= 15 is 0 Å². The Balaban J connectivity index is 0.000000278. The summed E-state index contributed by atoms with van der Waals surface area (Å²) in [5, 5.41) is 15.0. The van der Waals surface area contributed by atoms with Crippen molar-refractivity contribution >= 4 is 24.1 Å². The maximum absolute atomic E-state index is 12.9. The van der Waals surface area contributed by atoms with Gasteiger partial charge in [-0.2, -0.15) is 0 Å². The Hall–Kier alpha value is -5.18. The highest BCUT2D eigenvalue weighted by molar-refractivity contribution is 5.82. The molecule has 3 aromatic carbocycles. The summed E-state index contributed by atoms with van der Waals surface area (Å²) >= 11 is 0. The summed E-state index contributed by atoms with van der Waals surface area (Å²) in [6.07, 6.45) is -0.918. The molecule has 2 amide bonds. The fraction of sp³-hybridized carbons (Fsp3) is 0.542. The van der Waals surface area contributed by atoms with Crippen LogP contribution < -0.4 is 15.4 Å². The number of carbonyl (C=O) groups excluding carboxylic acids is 4. The Morgan fingerprint density at radius 3 is 1.40 bits per heavy atom. The van der Waals surface area contributed by atoms with E-state index < -0.39 is 59.6 Å². The first-order valence-electron chi connectivity index (χ1n) is 21.3. The summed E-state index contributed by atoms with van der Waals surface area (Å²) < 4.78 is 39.6. The second kappa shape index (κ2) is 23.9. The van der Waals surface area contributed by atoms with E-state index in [1.54, 1.807) is 48.5 Å². The van der Waals surface area contributed by atoms with Crippen molar-refractivity contribution in [2.24, 2.45) is 23.7 Å². The lowest BCUT2D eigenvalue weighted by atomic mass is 9.84. The van der Waals surface area contributed by atoms with E-state index in [0.29, 0.717) is 26.2 Å². The molecule has 0 aromatic heterocycles. The van der Waals surface area contributed by atoms with Crippen molar-refractivity contribution in [3.63, 3.8) is 0 Å². The molecule has 0 bridgehead atoms. The quantitative estimate of drug-likeness (QED) is 0.145. The topological polar surface area (TPSA) is 177 Å². The molecule has 5 rings (SSSR count). The fourth-order valence-corrected chi connectivity index (χ4v) is 7.16. The van der Waals surface area contributed by atoms with Crippen LogP contribution in [0.5, 0.6) is 5.75 Å². The summed E-state index contributed by atoms with van der Waals surface area (Å²) in [6.45, 7) is 15.1. The number of aliphatic hydroxyl groups excluding tert-OH is 1. The average molecular weight is 863 g/mol. The smallest absolute Gasteiger partial charge is 0.408 e. The summed E-state index contributed by atoms with van der Waals surface area (Å²) in [6, 6.07) is 27.7. The van der Waals surface area contributed by atoms with Crippen molar-refractivity contribution in [2.45, 2.75) is 104 Å². The molecule has 3 aromatic rings. The van der Waals surface area contributed by atoms with Gasteiger partial charge in [0, 0.05) is 18.4 Å². The number of amides is 2. The molecule has 0 saturated carbocycles. The Labute approximate surface area is 366 Å². The van der Waals surface area contributed by atoms with E-state index in [1.807, 2.05) is 85.8 Å². The van der Waals surface area contributed by atoms with Gasteiger partial charge in [-0.15, -0.1) is 0 Å². The van der Waals surface area contributed by atoms with E-state index in [0.717, 1.165) is 17.7 Å². The highest BCUT2D eigenvalue weighted by Gasteiger charge is 2.37. The monoisotopic (exact) mass is 862 g/mol. The van der Waals surface area contributed by atoms with Crippen LogP contribution in [0.4, 0.5) is 9.59 Å². The molecule has 2 heterocycles. The fourth-order valence-electron chi connectivity index (χ4n) is 7.16. The maximum atomic E-state index is 12.9. The number of carbonyl (C=O) groups is 4. The van der Waals surface area contributed by atoms with Crippen LogP contribution in [-0.4, -0.2) is 104 Å². The number of hydrogen-bond acceptors (Lipinski definition) is 12. The summed E-state index contributed by atoms with van der Waals surface area (Å²) in [7, 11) is 0. The predicted octanol–water partition coefficient (Wildman–Crippen LogP) is 6.70. The zero-order valence-corrected chi connectivity index (χ0v) is 37.4. The van der Waals surface area contributed by atoms with Crippen molar-refractivity contribution in [3.05, 3.63) is 102 Å². The Bertz CT molecular complexity index is 1820. The Morgan fingerprint density at radius 1 is 0.613 bits per heavy atom. The molecule has 0 radical (unpaired) electrons. The van der Waals surface area contributed by atoms with Gasteiger partial charge in [-0.1, -0.05) is 78.9 Å². The van der Waals surface area contributed by atoms with Crippen LogP contribution in [0.1, 0.15) is 66.5 Å². The van der Waals surface area contributed by atoms with Crippen LogP contribution in [0.25, 0.3) is 0 Å². The minimum absolute atomic E-state index is 0.00233. The Kier molecular flexibility index (Phi) is 19.1. The average Bonchev–Trinajstić information content (AvgIpc) is 3.28. The van der Waals surface area contributed by atoms with Crippen LogP contribution >= 0.6 is 0 Å². The molecule has 2 saturated heterocycles. The van der Waals surface area contributed by atoms with Gasteiger partial charge in [0.2, 0.25) is 0 Å². The molecule has 62 heavy (non-hydrogen) atoms. The zero-order chi connectivity index (χ0) is 45.3. The molecular formula is C48H66N2O12. The lowest BCUT2D eigenvalue weighted by molar-refractivity contribution is -0.155. The molecule has 0 aliphatic carbocycles. The van der Waals surface area contributed by atoms with Crippen molar-refractivity contribution < 1.29 is 57.4 Å². The van der Waals surface area contributed by atoms with Gasteiger partial charge >= 0.3 is 24.1 Å². The van der Waals surface area contributed by atoms with Crippen molar-refractivity contribution in [2.75, 3.05) is 39.6 Å². The second-order valence-corrected chi connectivity index (χ2v) is 17.8. The molecule has 14 nitrogen and oxygen atoms in total. The molecule has 2 aliphatic rings. The zero-order valence-electron chi connectivity index (χ0n) is 37.4. The van der Waals surface area contributed by atoms with E-state index in [4.69, 9.17) is 33.2 Å². The standard InChI is InChI=1S/C27H35NO6.C21H31NO6/c1-19-23(17-32-22-13-9-6-10-14-22)21(15-20-11-7-5-8-12-20)16-31-18-24(25(29)33-19)28-26(30)34-27(2,3)4;1-14-17(11-23)16(10-15-8-6-5-7-9-15)12-26-13-18(19(24)27-14)22-20(25)28-21(2,3)4/h5-14,19,21,23-24H,15-18H2,1-4H3,(H,28,30);5-9,14,16-18,23H,10-13H2,1-4H3,(H,22,25)/t19-,21-,23-,24-;14-,16-,17-,18-/m00/s1. The van der Waals surface area contributed by atoms with Crippen LogP contribution in [0.15, 0.2) is 91.0 Å². The van der Waals surface area contributed by atoms with Crippen molar-refractivity contribution in [3.8, 4) is 5.75 Å². The number of hydrogen-bond donors (Lipinski definition) is 3. The minimum Gasteiger partial charge on any atom is -0.493 e. The summed E-state index contributed by atoms with van der Waals surface area (Å²) in [5.74, 6) is -0.788. The van der Waals surface area contributed by atoms with Gasteiger partial charge < -0.3 is 48.9 Å². The van der Waals surface area contributed by atoms with E-state index in [9.17, 15) is 24.3 Å². The number of para-hydroxylation sites is 1. The largest absolute Gasteiger partial charge is 0.493 e. The van der Waals surface area contributed by atoms with Crippen LogP contribution in [0.2, 0.25) is 0 Å². The highest BCUT2D eigenvalue weighted by Crippen LogP contribution is 2.28. The number of nitrogens with one attached hydrogen (secondary N) is 2. The number of cyclic esters (lactones) is 2. The van der Waals surface area contributed by atoms with Gasteiger partial charge in [-0.3, -0.25) is 0 Å². The van der Waals surface area contributed by atoms with Crippen LogP contribution in [0.3, 0.4) is 0 Å². The SMILES string of the molecule is C[C@@H]1OC(=O)[C@@H](NC(=O)OC(C)(C)C)COC[C@H](Cc2ccccc2)[C@H]1CO.C[C@@H]1OC(=O)[C@@H](NC(=O)OC(C)(C)C)COC[C@H](Cc2ccccc2)[C@H]1COc1ccccc1. The molecule has 2 fully saturated rings. The molecule has 3 N–H and O–H groups in total. The lowest BCUT2D eigenvalue weighted by Gasteiger charge is -2.30. The molecule has 340 valence electrons. The lowest BCUT2D eigenvalue weighted by Crippen LogP contribution is -2.47. The van der Waals surface area contributed by atoms with Gasteiger partial charge in [-0.25, -0.2) is 19.2 Å². The van der Waals surface area contributed by atoms with Crippen LogP contribution in [-0.2, 0) is 50.9 Å². The first-order valence-corrected chi connectivity index (χ1v) is 21.3.